The summed E-state index contributed by atoms with van der Waals surface area (Å²) in [5, 5.41) is 3.15. The number of pyridine rings is 2. The monoisotopic (exact) mass is 409 g/mol. The first-order valence-electron chi connectivity index (χ1n) is 9.57. The maximum Gasteiger partial charge on any atom is 0.419 e. The van der Waals surface area contributed by atoms with E-state index in [2.05, 4.69) is 10.3 Å². The van der Waals surface area contributed by atoms with E-state index < -0.39 is 17.7 Å². The van der Waals surface area contributed by atoms with Gasteiger partial charge in [0, 0.05) is 28.8 Å². The molecular formula is C21H23N5O4. The molecule has 0 atom stereocenters. The van der Waals surface area contributed by atoms with Crippen LogP contribution in [0.3, 0.4) is 0 Å². The fourth-order valence-corrected chi connectivity index (χ4v) is 3.22. The fraction of sp³-hybridized carbons (Fsp3) is 0.333. The number of aromatic nitrogens is 3. The molecular weight excluding hydrogens is 386 g/mol. The van der Waals surface area contributed by atoms with Crippen molar-refractivity contribution in [3.63, 3.8) is 0 Å². The van der Waals surface area contributed by atoms with Gasteiger partial charge in [0.2, 0.25) is 0 Å². The molecule has 30 heavy (non-hydrogen) atoms. The average molecular weight is 409 g/mol. The van der Waals surface area contributed by atoms with Crippen LogP contribution in [-0.4, -0.2) is 45.5 Å². The van der Waals surface area contributed by atoms with E-state index in [9.17, 15) is 9.59 Å². The Hall–Kier alpha value is -3.46. The number of fused-ring (bicyclic) bond motifs is 1. The van der Waals surface area contributed by atoms with Crippen LogP contribution in [0.15, 0.2) is 36.7 Å². The zero-order valence-corrected chi connectivity index (χ0v) is 17.0. The Morgan fingerprint density at radius 3 is 2.70 bits per heavy atom. The molecule has 1 fully saturated rings. The van der Waals surface area contributed by atoms with E-state index in [0.29, 0.717) is 35.4 Å². The normalized spacial score (nSPS) is 14.4. The molecule has 3 aromatic rings. The van der Waals surface area contributed by atoms with Crippen LogP contribution in [0.2, 0.25) is 0 Å². The van der Waals surface area contributed by atoms with E-state index in [1.54, 1.807) is 33.0 Å². The van der Waals surface area contributed by atoms with Crippen molar-refractivity contribution in [2.75, 3.05) is 18.5 Å². The molecule has 1 aliphatic rings. The summed E-state index contributed by atoms with van der Waals surface area (Å²) in [7, 11) is 0. The lowest BCUT2D eigenvalue weighted by molar-refractivity contribution is 0.00676. The molecule has 4 heterocycles. The van der Waals surface area contributed by atoms with Gasteiger partial charge >= 0.3 is 12.1 Å². The van der Waals surface area contributed by atoms with E-state index in [1.807, 2.05) is 18.2 Å². The highest BCUT2D eigenvalue weighted by atomic mass is 16.6. The minimum atomic E-state index is -0.722. The van der Waals surface area contributed by atoms with Gasteiger partial charge in [-0.2, -0.15) is 0 Å². The zero-order valence-electron chi connectivity index (χ0n) is 17.0. The van der Waals surface area contributed by atoms with Crippen molar-refractivity contribution in [1.82, 2.24) is 14.5 Å². The van der Waals surface area contributed by atoms with E-state index in [1.165, 1.54) is 10.8 Å². The topological polar surface area (TPSA) is 121 Å². The smallest absolute Gasteiger partial charge is 0.419 e. The van der Waals surface area contributed by atoms with Gasteiger partial charge in [-0.05, 0) is 39.0 Å². The van der Waals surface area contributed by atoms with Crippen LogP contribution in [0.25, 0.3) is 22.2 Å². The largest absolute Gasteiger partial charge is 0.443 e. The molecule has 0 unspecified atom stereocenters. The Bertz CT molecular complexity index is 1130. The second kappa shape index (κ2) is 7.42. The Morgan fingerprint density at radius 1 is 1.30 bits per heavy atom. The highest BCUT2D eigenvalue weighted by Crippen LogP contribution is 2.33. The Morgan fingerprint density at radius 2 is 2.07 bits per heavy atom. The third-order valence-electron chi connectivity index (χ3n) is 4.64. The molecule has 2 amide bonds. The number of amides is 2. The van der Waals surface area contributed by atoms with Crippen molar-refractivity contribution in [1.29, 1.82) is 0 Å². The van der Waals surface area contributed by atoms with Gasteiger partial charge in [-0.1, -0.05) is 6.07 Å². The van der Waals surface area contributed by atoms with Gasteiger partial charge in [0.25, 0.3) is 0 Å². The SMILES string of the molecule is CC(C)(C)OC(=O)n1cc(-c2cccc(C3COC3)n2)c2cc(NC(N)=O)ncc21. The molecule has 1 saturated heterocycles. The Balaban J connectivity index is 1.84. The van der Waals surface area contributed by atoms with Crippen molar-refractivity contribution in [3.8, 4) is 11.3 Å². The summed E-state index contributed by atoms with van der Waals surface area (Å²) in [5.74, 6) is 0.541. The molecule has 0 bridgehead atoms. The number of ether oxygens (including phenoxy) is 2. The minimum Gasteiger partial charge on any atom is -0.443 e. The molecule has 3 N–H and O–H groups in total. The highest BCUT2D eigenvalue weighted by Gasteiger charge is 2.24. The zero-order chi connectivity index (χ0) is 21.5. The maximum absolute atomic E-state index is 12.8. The van der Waals surface area contributed by atoms with Crippen LogP contribution >= 0.6 is 0 Å². The van der Waals surface area contributed by atoms with Crippen LogP contribution in [-0.2, 0) is 9.47 Å². The highest BCUT2D eigenvalue weighted by molar-refractivity contribution is 6.01. The number of carbonyl (C=O) groups is 2. The molecule has 0 saturated carbocycles. The van der Waals surface area contributed by atoms with E-state index in [4.69, 9.17) is 20.2 Å². The summed E-state index contributed by atoms with van der Waals surface area (Å²) in [6.45, 7) is 6.70. The van der Waals surface area contributed by atoms with Gasteiger partial charge < -0.3 is 15.2 Å². The number of nitrogens with one attached hydrogen (secondary N) is 1. The van der Waals surface area contributed by atoms with Crippen LogP contribution in [0.1, 0.15) is 32.4 Å². The molecule has 9 nitrogen and oxygen atoms in total. The summed E-state index contributed by atoms with van der Waals surface area (Å²) >= 11 is 0. The van der Waals surface area contributed by atoms with Crippen LogP contribution in [0.4, 0.5) is 15.4 Å². The third kappa shape index (κ3) is 3.97. The van der Waals surface area contributed by atoms with Crippen molar-refractivity contribution < 1.29 is 19.1 Å². The Kier molecular flexibility index (Phi) is 4.90. The predicted molar refractivity (Wildman–Crippen MR) is 111 cm³/mol. The quantitative estimate of drug-likeness (QED) is 0.683. The lowest BCUT2D eigenvalue weighted by Gasteiger charge is -2.25. The summed E-state index contributed by atoms with van der Waals surface area (Å²) in [5.41, 5.74) is 7.45. The molecule has 1 aliphatic heterocycles. The number of rotatable bonds is 3. The van der Waals surface area contributed by atoms with E-state index in [-0.39, 0.29) is 11.7 Å². The lowest BCUT2D eigenvalue weighted by Crippen LogP contribution is -2.26. The molecule has 0 spiro atoms. The first kappa shape index (κ1) is 19.8. The van der Waals surface area contributed by atoms with Crippen molar-refractivity contribution in [3.05, 3.63) is 42.4 Å². The summed E-state index contributed by atoms with van der Waals surface area (Å²) < 4.78 is 12.2. The first-order chi connectivity index (χ1) is 14.2. The van der Waals surface area contributed by atoms with Crippen molar-refractivity contribution >= 4 is 28.8 Å². The first-order valence-corrected chi connectivity index (χ1v) is 9.57. The van der Waals surface area contributed by atoms with E-state index in [0.717, 1.165) is 5.69 Å². The van der Waals surface area contributed by atoms with Crippen molar-refractivity contribution in [2.45, 2.75) is 32.3 Å². The minimum absolute atomic E-state index is 0.262. The molecule has 4 rings (SSSR count). The number of urea groups is 1. The van der Waals surface area contributed by atoms with Crippen LogP contribution in [0.5, 0.6) is 0 Å². The lowest BCUT2D eigenvalue weighted by atomic mass is 10.0. The van der Waals surface area contributed by atoms with Gasteiger partial charge in [-0.15, -0.1) is 0 Å². The standard InChI is InChI=1S/C21H23N5O4/c1-21(2,3)30-20(28)26-9-14(13-7-18(25-19(22)27)23-8-17(13)26)16-6-4-5-15(24-16)12-10-29-11-12/h4-9,12H,10-11H2,1-3H3,(H3,22,23,25,27). The van der Waals surface area contributed by atoms with Gasteiger partial charge in [0.05, 0.1) is 30.6 Å². The number of hydrogen-bond acceptors (Lipinski definition) is 6. The van der Waals surface area contributed by atoms with Crippen molar-refractivity contribution in [2.24, 2.45) is 5.73 Å². The van der Waals surface area contributed by atoms with Gasteiger partial charge in [0.1, 0.15) is 11.4 Å². The van der Waals surface area contributed by atoms with Gasteiger partial charge in [-0.3, -0.25) is 14.9 Å². The number of anilines is 1. The average Bonchev–Trinajstić information content (AvgIpc) is 2.97. The molecule has 0 aromatic carbocycles. The fourth-order valence-electron chi connectivity index (χ4n) is 3.22. The number of carbonyl (C=O) groups excluding carboxylic acids is 2. The maximum atomic E-state index is 12.8. The number of hydrogen-bond donors (Lipinski definition) is 2. The summed E-state index contributed by atoms with van der Waals surface area (Å²) in [4.78, 5) is 33.0. The summed E-state index contributed by atoms with van der Waals surface area (Å²) in [6, 6.07) is 6.71. The predicted octanol–water partition coefficient (Wildman–Crippen LogP) is 3.49. The number of primary amides is 1. The third-order valence-corrected chi connectivity index (χ3v) is 4.64. The van der Waals surface area contributed by atoms with Gasteiger partial charge in [0.15, 0.2) is 0 Å². The second-order valence-corrected chi connectivity index (χ2v) is 8.15. The van der Waals surface area contributed by atoms with Crippen LogP contribution < -0.4 is 11.1 Å². The number of nitrogens with two attached hydrogens (primary N) is 1. The van der Waals surface area contributed by atoms with E-state index >= 15 is 0 Å². The number of nitrogens with zero attached hydrogens (tertiary/aromatic N) is 3. The second-order valence-electron chi connectivity index (χ2n) is 8.15. The molecule has 0 radical (unpaired) electrons. The Labute approximate surface area is 173 Å². The molecule has 0 aliphatic carbocycles. The molecule has 156 valence electrons. The van der Waals surface area contributed by atoms with Crippen LogP contribution in [0, 0.1) is 0 Å². The molecule has 3 aromatic heterocycles. The van der Waals surface area contributed by atoms with Gasteiger partial charge in [-0.25, -0.2) is 14.6 Å². The molecule has 9 heteroatoms. The summed E-state index contributed by atoms with van der Waals surface area (Å²) in [6.07, 6.45) is 2.65.